The molecule has 0 aliphatic heterocycles. The number of aromatic nitrogens is 2. The van der Waals surface area contributed by atoms with Crippen LogP contribution in [0.1, 0.15) is 35.5 Å². The molecule has 0 spiro atoms. The second-order valence-corrected chi connectivity index (χ2v) is 6.97. The lowest BCUT2D eigenvalue weighted by Gasteiger charge is -2.14. The first kappa shape index (κ1) is 20.3. The first-order valence-corrected chi connectivity index (χ1v) is 9.80. The van der Waals surface area contributed by atoms with Gasteiger partial charge in [0, 0.05) is 31.2 Å². The number of nitrogens with one attached hydrogen (secondary N) is 2. The second kappa shape index (κ2) is 9.19. The van der Waals surface area contributed by atoms with Crippen LogP contribution < -0.4 is 15.5 Å². The Balaban J connectivity index is 1.71. The molecule has 0 bridgehead atoms. The molecule has 0 aliphatic carbocycles. The molecular formula is C23H27N5O. The van der Waals surface area contributed by atoms with Crippen LogP contribution in [0.15, 0.2) is 54.9 Å². The molecule has 3 rings (SSSR count). The number of amides is 1. The van der Waals surface area contributed by atoms with Gasteiger partial charge in [-0.1, -0.05) is 32.0 Å². The van der Waals surface area contributed by atoms with Gasteiger partial charge in [0.05, 0.1) is 12.4 Å². The summed E-state index contributed by atoms with van der Waals surface area (Å²) in [4.78, 5) is 23.3. The Hall–Kier alpha value is -3.41. The molecule has 0 fully saturated rings. The van der Waals surface area contributed by atoms with E-state index in [0.29, 0.717) is 5.82 Å². The smallest absolute Gasteiger partial charge is 0.275 e. The van der Waals surface area contributed by atoms with Crippen LogP contribution >= 0.6 is 0 Å². The Morgan fingerprint density at radius 3 is 2.10 bits per heavy atom. The van der Waals surface area contributed by atoms with Crippen molar-refractivity contribution in [3.05, 3.63) is 71.7 Å². The highest BCUT2D eigenvalue weighted by Gasteiger charge is 2.13. The molecule has 2 N–H and O–H groups in total. The summed E-state index contributed by atoms with van der Waals surface area (Å²) in [6.07, 6.45) is 4.77. The first-order valence-electron chi connectivity index (χ1n) is 9.80. The molecule has 6 heteroatoms. The van der Waals surface area contributed by atoms with E-state index in [1.807, 2.05) is 61.5 Å². The van der Waals surface area contributed by atoms with E-state index in [1.165, 1.54) is 6.20 Å². The van der Waals surface area contributed by atoms with Crippen LogP contribution in [-0.2, 0) is 12.8 Å². The zero-order chi connectivity index (χ0) is 20.8. The van der Waals surface area contributed by atoms with E-state index < -0.39 is 0 Å². The quantitative estimate of drug-likeness (QED) is 0.615. The fourth-order valence-electron chi connectivity index (χ4n) is 3.08. The standard InChI is InChI=1S/C23H27N5O/c1-5-16-8-7-9-17(6-2)22(16)27-23(29)20-14-25-21(15-24-20)26-18-10-12-19(13-11-18)28(3)4/h7-15H,5-6H2,1-4H3,(H,25,26)(H,27,29). The summed E-state index contributed by atoms with van der Waals surface area (Å²) in [5.41, 5.74) is 5.42. The van der Waals surface area contributed by atoms with E-state index in [-0.39, 0.29) is 11.6 Å². The number of para-hydroxylation sites is 1. The molecule has 0 saturated heterocycles. The number of carbonyl (C=O) groups is 1. The third-order valence-electron chi connectivity index (χ3n) is 4.78. The van der Waals surface area contributed by atoms with Gasteiger partial charge in [0.2, 0.25) is 0 Å². The summed E-state index contributed by atoms with van der Waals surface area (Å²) in [6.45, 7) is 4.16. The van der Waals surface area contributed by atoms with Crippen molar-refractivity contribution in [2.75, 3.05) is 29.6 Å². The molecule has 29 heavy (non-hydrogen) atoms. The maximum absolute atomic E-state index is 12.7. The predicted octanol–water partition coefficient (Wildman–Crippen LogP) is 4.66. The van der Waals surface area contributed by atoms with E-state index in [0.717, 1.165) is 41.0 Å². The fourth-order valence-corrected chi connectivity index (χ4v) is 3.08. The van der Waals surface area contributed by atoms with Crippen LogP contribution in [0.3, 0.4) is 0 Å². The summed E-state index contributed by atoms with van der Waals surface area (Å²) in [5, 5.41) is 6.22. The van der Waals surface area contributed by atoms with Crippen molar-refractivity contribution in [1.29, 1.82) is 0 Å². The summed E-state index contributed by atoms with van der Waals surface area (Å²) in [6, 6.07) is 14.1. The number of rotatable bonds is 7. The molecule has 0 saturated carbocycles. The summed E-state index contributed by atoms with van der Waals surface area (Å²) in [5.74, 6) is 0.331. The van der Waals surface area contributed by atoms with Crippen LogP contribution in [0.2, 0.25) is 0 Å². The minimum Gasteiger partial charge on any atom is -0.378 e. The Bertz CT molecular complexity index is 943. The van der Waals surface area contributed by atoms with Crippen molar-refractivity contribution >= 4 is 28.8 Å². The highest BCUT2D eigenvalue weighted by molar-refractivity contribution is 6.03. The Labute approximate surface area is 172 Å². The lowest BCUT2D eigenvalue weighted by atomic mass is 10.0. The average Bonchev–Trinajstić information content (AvgIpc) is 2.74. The summed E-state index contributed by atoms with van der Waals surface area (Å²) < 4.78 is 0. The van der Waals surface area contributed by atoms with Crippen molar-refractivity contribution in [2.24, 2.45) is 0 Å². The highest BCUT2D eigenvalue weighted by atomic mass is 16.1. The van der Waals surface area contributed by atoms with Crippen molar-refractivity contribution < 1.29 is 4.79 Å². The molecular weight excluding hydrogens is 362 g/mol. The minimum atomic E-state index is -0.255. The zero-order valence-corrected chi connectivity index (χ0v) is 17.4. The third kappa shape index (κ3) is 4.90. The van der Waals surface area contributed by atoms with Crippen molar-refractivity contribution in [1.82, 2.24) is 9.97 Å². The SMILES string of the molecule is CCc1cccc(CC)c1NC(=O)c1cnc(Nc2ccc(N(C)C)cc2)cn1. The second-order valence-electron chi connectivity index (χ2n) is 6.97. The van der Waals surface area contributed by atoms with E-state index in [2.05, 4.69) is 34.4 Å². The van der Waals surface area contributed by atoms with Crippen LogP contribution in [0.5, 0.6) is 0 Å². The normalized spacial score (nSPS) is 10.5. The summed E-state index contributed by atoms with van der Waals surface area (Å²) >= 11 is 0. The van der Waals surface area contributed by atoms with Crippen molar-refractivity contribution in [3.8, 4) is 0 Å². The van der Waals surface area contributed by atoms with Gasteiger partial charge in [-0.2, -0.15) is 0 Å². The number of carbonyl (C=O) groups excluding carboxylic acids is 1. The first-order chi connectivity index (χ1) is 14.0. The monoisotopic (exact) mass is 389 g/mol. The number of hydrogen-bond donors (Lipinski definition) is 2. The number of benzene rings is 2. The van der Waals surface area contributed by atoms with Crippen LogP contribution in [0.25, 0.3) is 0 Å². The molecule has 3 aromatic rings. The van der Waals surface area contributed by atoms with Crippen molar-refractivity contribution in [3.63, 3.8) is 0 Å². The van der Waals surface area contributed by atoms with Gasteiger partial charge in [-0.05, 0) is 48.2 Å². The molecule has 6 nitrogen and oxygen atoms in total. The zero-order valence-electron chi connectivity index (χ0n) is 17.4. The molecule has 1 heterocycles. The molecule has 0 radical (unpaired) electrons. The van der Waals surface area contributed by atoms with E-state index >= 15 is 0 Å². The van der Waals surface area contributed by atoms with Gasteiger partial charge in [0.25, 0.3) is 5.91 Å². The lowest BCUT2D eigenvalue weighted by molar-refractivity contribution is 0.102. The Kier molecular flexibility index (Phi) is 6.44. The largest absolute Gasteiger partial charge is 0.378 e. The average molecular weight is 390 g/mol. The topological polar surface area (TPSA) is 70.2 Å². The van der Waals surface area contributed by atoms with Gasteiger partial charge >= 0.3 is 0 Å². The maximum atomic E-state index is 12.7. The van der Waals surface area contributed by atoms with Gasteiger partial charge in [0.15, 0.2) is 0 Å². The van der Waals surface area contributed by atoms with Crippen LogP contribution in [0, 0.1) is 0 Å². The minimum absolute atomic E-state index is 0.255. The van der Waals surface area contributed by atoms with Crippen LogP contribution in [-0.4, -0.2) is 30.0 Å². The Morgan fingerprint density at radius 2 is 1.59 bits per heavy atom. The molecule has 0 aliphatic rings. The van der Waals surface area contributed by atoms with E-state index in [4.69, 9.17) is 0 Å². The third-order valence-corrected chi connectivity index (χ3v) is 4.78. The van der Waals surface area contributed by atoms with E-state index in [9.17, 15) is 4.79 Å². The molecule has 0 atom stereocenters. The van der Waals surface area contributed by atoms with Crippen molar-refractivity contribution in [2.45, 2.75) is 26.7 Å². The number of anilines is 4. The Morgan fingerprint density at radius 1 is 0.931 bits per heavy atom. The maximum Gasteiger partial charge on any atom is 0.275 e. The van der Waals surface area contributed by atoms with Gasteiger partial charge in [-0.3, -0.25) is 4.79 Å². The molecule has 150 valence electrons. The van der Waals surface area contributed by atoms with Gasteiger partial charge in [-0.25, -0.2) is 9.97 Å². The highest BCUT2D eigenvalue weighted by Crippen LogP contribution is 2.23. The number of nitrogens with zero attached hydrogens (tertiary/aromatic N) is 3. The van der Waals surface area contributed by atoms with Gasteiger partial charge < -0.3 is 15.5 Å². The fraction of sp³-hybridized carbons (Fsp3) is 0.261. The lowest BCUT2D eigenvalue weighted by Crippen LogP contribution is -2.16. The molecule has 1 aromatic heterocycles. The molecule has 0 unspecified atom stereocenters. The van der Waals surface area contributed by atoms with Gasteiger partial charge in [0.1, 0.15) is 11.5 Å². The van der Waals surface area contributed by atoms with E-state index in [1.54, 1.807) is 6.20 Å². The summed E-state index contributed by atoms with van der Waals surface area (Å²) in [7, 11) is 4.00. The molecule has 2 aromatic carbocycles. The number of hydrogen-bond acceptors (Lipinski definition) is 5. The van der Waals surface area contributed by atoms with Crippen LogP contribution in [0.4, 0.5) is 22.9 Å². The van der Waals surface area contributed by atoms with Gasteiger partial charge in [-0.15, -0.1) is 0 Å². The predicted molar refractivity (Wildman–Crippen MR) is 119 cm³/mol. The molecule has 1 amide bonds. The number of aryl methyl sites for hydroxylation is 2.